The summed E-state index contributed by atoms with van der Waals surface area (Å²) in [7, 11) is 1.93. The summed E-state index contributed by atoms with van der Waals surface area (Å²) in [5, 5.41) is 0. The molecule has 0 spiro atoms. The zero-order chi connectivity index (χ0) is 6.57. The van der Waals surface area contributed by atoms with Crippen molar-refractivity contribution in [3.05, 3.63) is 0 Å². The van der Waals surface area contributed by atoms with E-state index in [1.54, 1.807) is 0 Å². The number of halogens is 1. The number of hydrogen-bond acceptors (Lipinski definition) is 1. The molecule has 0 aliphatic carbocycles. The van der Waals surface area contributed by atoms with E-state index in [9.17, 15) is 4.39 Å². The fourth-order valence-corrected chi connectivity index (χ4v) is 0.395. The molecule has 0 aromatic rings. The Labute approximate surface area is 51.8 Å². The van der Waals surface area contributed by atoms with Crippen LogP contribution < -0.4 is 0 Å². The molecule has 0 radical (unpaired) electrons. The molecule has 0 aliphatic heterocycles. The Hall–Kier alpha value is 0.320. The van der Waals surface area contributed by atoms with Crippen LogP contribution in [0.15, 0.2) is 0 Å². The van der Waals surface area contributed by atoms with E-state index < -0.39 is 6.10 Å². The molecule has 0 heterocycles. The highest BCUT2D eigenvalue weighted by Crippen LogP contribution is 2.04. The quantitative estimate of drug-likeness (QED) is 0.540. The Kier molecular flexibility index (Phi) is 4.39. The fraction of sp³-hybridized carbons (Fsp3) is 1.00. The lowest BCUT2D eigenvalue weighted by atomic mass is 10.2. The van der Waals surface area contributed by atoms with Crippen LogP contribution in [0, 0.1) is 5.92 Å². The molecule has 2 unspecified atom stereocenters. The molecule has 0 fully saturated rings. The predicted octanol–water partition coefficient (Wildman–Crippen LogP) is 1.79. The molecule has 3 heteroatoms. The smallest absolute Gasteiger partial charge is 0.210 e. The van der Waals surface area contributed by atoms with Gasteiger partial charge < -0.3 is 4.74 Å². The summed E-state index contributed by atoms with van der Waals surface area (Å²) in [5.41, 5.74) is 0. The number of rotatable bonds is 3. The Morgan fingerprint density at radius 2 is 2.12 bits per heavy atom. The molecular weight excluding hydrogens is 126 g/mol. The van der Waals surface area contributed by atoms with Crippen molar-refractivity contribution in [3.8, 4) is 0 Å². The monoisotopic (exact) mass is 138 g/mol. The number of ether oxygens (including phenoxy) is 1. The van der Waals surface area contributed by atoms with Crippen LogP contribution >= 0.6 is 9.24 Å². The molecular formula is C5H12FOP. The summed E-state index contributed by atoms with van der Waals surface area (Å²) in [6.07, 6.45) is -1.20. The Morgan fingerprint density at radius 1 is 1.62 bits per heavy atom. The van der Waals surface area contributed by atoms with Gasteiger partial charge in [0, 0.05) is 0 Å². The molecule has 0 aliphatic rings. The van der Waals surface area contributed by atoms with Gasteiger partial charge in [-0.2, -0.15) is 0 Å². The molecule has 8 heavy (non-hydrogen) atoms. The van der Waals surface area contributed by atoms with E-state index >= 15 is 0 Å². The third-order valence-electron chi connectivity index (χ3n) is 0.589. The molecule has 0 saturated carbocycles. The van der Waals surface area contributed by atoms with Crippen LogP contribution in [0.5, 0.6) is 0 Å². The van der Waals surface area contributed by atoms with Crippen LogP contribution in [-0.2, 0) is 4.74 Å². The van der Waals surface area contributed by atoms with Crippen LogP contribution in [0.25, 0.3) is 0 Å². The minimum Gasteiger partial charge on any atom is -0.345 e. The summed E-state index contributed by atoms with van der Waals surface area (Å²) in [6, 6.07) is 0. The average molecular weight is 138 g/mol. The summed E-state index contributed by atoms with van der Waals surface area (Å²) >= 11 is 0. The van der Waals surface area contributed by atoms with Gasteiger partial charge in [0.05, 0.1) is 6.61 Å². The molecule has 2 atom stereocenters. The van der Waals surface area contributed by atoms with E-state index in [-0.39, 0.29) is 0 Å². The first-order valence-electron chi connectivity index (χ1n) is 2.64. The van der Waals surface area contributed by atoms with E-state index in [4.69, 9.17) is 0 Å². The zero-order valence-corrected chi connectivity index (χ0v) is 6.38. The Morgan fingerprint density at radius 3 is 2.25 bits per heavy atom. The van der Waals surface area contributed by atoms with Crippen molar-refractivity contribution < 1.29 is 9.13 Å². The lowest BCUT2D eigenvalue weighted by Gasteiger charge is -2.05. The normalized spacial score (nSPS) is 14.6. The minimum atomic E-state index is -1.20. The van der Waals surface area contributed by atoms with E-state index in [0.717, 1.165) is 0 Å². The van der Waals surface area contributed by atoms with E-state index in [1.165, 1.54) is 0 Å². The summed E-state index contributed by atoms with van der Waals surface area (Å²) in [4.78, 5) is 0. The van der Waals surface area contributed by atoms with Crippen molar-refractivity contribution in [1.82, 2.24) is 0 Å². The van der Waals surface area contributed by atoms with Gasteiger partial charge >= 0.3 is 0 Å². The topological polar surface area (TPSA) is 9.23 Å². The highest BCUT2D eigenvalue weighted by atomic mass is 31.0. The largest absolute Gasteiger partial charge is 0.345 e. The Balaban J connectivity index is 2.93. The van der Waals surface area contributed by atoms with Gasteiger partial charge in [0.1, 0.15) is 0 Å². The van der Waals surface area contributed by atoms with Crippen molar-refractivity contribution in [3.63, 3.8) is 0 Å². The van der Waals surface area contributed by atoms with Gasteiger partial charge in [0.25, 0.3) is 0 Å². The van der Waals surface area contributed by atoms with Crippen LogP contribution in [0.2, 0.25) is 0 Å². The number of alkyl halides is 1. The number of hydrogen-bond donors (Lipinski definition) is 0. The second kappa shape index (κ2) is 4.22. The lowest BCUT2D eigenvalue weighted by Crippen LogP contribution is -2.04. The van der Waals surface area contributed by atoms with Crippen molar-refractivity contribution in [2.75, 3.05) is 6.61 Å². The molecule has 0 bridgehead atoms. The van der Waals surface area contributed by atoms with Gasteiger partial charge in [-0.1, -0.05) is 23.1 Å². The SMILES string of the molecule is CC(C)COC(F)P. The molecule has 0 amide bonds. The lowest BCUT2D eigenvalue weighted by molar-refractivity contribution is 0.0130. The van der Waals surface area contributed by atoms with Gasteiger partial charge in [-0.3, -0.25) is 0 Å². The van der Waals surface area contributed by atoms with Crippen LogP contribution in [0.1, 0.15) is 13.8 Å². The molecule has 0 rings (SSSR count). The summed E-state index contributed by atoms with van der Waals surface area (Å²) in [6.45, 7) is 4.45. The molecule has 0 aromatic carbocycles. The van der Waals surface area contributed by atoms with E-state index in [2.05, 4.69) is 4.74 Å². The van der Waals surface area contributed by atoms with Crippen LogP contribution in [0.4, 0.5) is 4.39 Å². The third kappa shape index (κ3) is 6.32. The third-order valence-corrected chi connectivity index (χ3v) is 0.781. The predicted molar refractivity (Wildman–Crippen MR) is 35.4 cm³/mol. The molecule has 0 aromatic heterocycles. The van der Waals surface area contributed by atoms with Crippen molar-refractivity contribution in [2.45, 2.75) is 19.9 Å². The minimum absolute atomic E-state index is 0.411. The van der Waals surface area contributed by atoms with E-state index in [1.807, 2.05) is 23.1 Å². The van der Waals surface area contributed by atoms with Gasteiger partial charge in [0.15, 0.2) is 0 Å². The van der Waals surface area contributed by atoms with Gasteiger partial charge in [-0.15, -0.1) is 0 Å². The maximum Gasteiger partial charge on any atom is 0.210 e. The maximum absolute atomic E-state index is 11.8. The van der Waals surface area contributed by atoms with Crippen molar-refractivity contribution in [1.29, 1.82) is 0 Å². The standard InChI is InChI=1S/C5H12FOP/c1-4(2)3-7-5(6)8/h4-5H,3,8H2,1-2H3. The molecule has 1 nitrogen and oxygen atoms in total. The second-order valence-electron chi connectivity index (χ2n) is 2.08. The maximum atomic E-state index is 11.8. The first-order chi connectivity index (χ1) is 3.63. The molecule has 0 saturated heterocycles. The Bertz CT molecular complexity index is 48.4. The zero-order valence-electron chi connectivity index (χ0n) is 5.23. The average Bonchev–Trinajstić information content (AvgIpc) is 1.61. The van der Waals surface area contributed by atoms with Crippen molar-refractivity contribution >= 4 is 9.24 Å². The highest BCUT2D eigenvalue weighted by Gasteiger charge is 1.97. The second-order valence-corrected chi connectivity index (χ2v) is 2.60. The van der Waals surface area contributed by atoms with Crippen LogP contribution in [-0.4, -0.2) is 12.7 Å². The summed E-state index contributed by atoms with van der Waals surface area (Å²) in [5.74, 6) is 0.411. The summed E-state index contributed by atoms with van der Waals surface area (Å²) < 4.78 is 16.4. The fourth-order valence-electron chi connectivity index (χ4n) is 0.284. The molecule has 0 N–H and O–H groups in total. The highest BCUT2D eigenvalue weighted by molar-refractivity contribution is 7.16. The van der Waals surface area contributed by atoms with Crippen LogP contribution in [0.3, 0.4) is 0 Å². The van der Waals surface area contributed by atoms with Gasteiger partial charge in [0.2, 0.25) is 6.10 Å². The first-order valence-corrected chi connectivity index (χ1v) is 3.31. The van der Waals surface area contributed by atoms with Gasteiger partial charge in [-0.05, 0) is 5.92 Å². The van der Waals surface area contributed by atoms with Crippen molar-refractivity contribution in [2.24, 2.45) is 5.92 Å². The van der Waals surface area contributed by atoms with E-state index in [0.29, 0.717) is 12.5 Å². The molecule has 50 valence electrons. The van der Waals surface area contributed by atoms with Gasteiger partial charge in [-0.25, -0.2) is 4.39 Å². The first kappa shape index (κ1) is 8.32.